The molecule has 1 aromatic rings. The lowest BCUT2D eigenvalue weighted by Gasteiger charge is -2.14. The number of nitrogens with one attached hydrogen (secondary N) is 1. The monoisotopic (exact) mass is 252 g/mol. The highest BCUT2D eigenvalue weighted by Crippen LogP contribution is 2.06. The number of carbonyl (C=O) groups excluding carboxylic acids is 1. The van der Waals surface area contributed by atoms with Crippen LogP contribution in [0.1, 0.15) is 23.2 Å². The maximum atomic E-state index is 12.9. The van der Waals surface area contributed by atoms with Crippen LogP contribution >= 0.6 is 0 Å². The number of nitrogens with zero attached hydrogens (tertiary/aromatic N) is 1. The Hall–Kier alpha value is -1.46. The number of amides is 1. The maximum Gasteiger partial charge on any atom is 0.274 e. The Balaban J connectivity index is 1.68. The van der Waals surface area contributed by atoms with Crippen LogP contribution in [0, 0.1) is 5.82 Å². The molecule has 0 aliphatic carbocycles. The molecule has 0 saturated carbocycles. The van der Waals surface area contributed by atoms with Crippen LogP contribution in [-0.4, -0.2) is 37.0 Å². The molecule has 1 fully saturated rings. The summed E-state index contributed by atoms with van der Waals surface area (Å²) in [6, 6.07) is 5.51. The van der Waals surface area contributed by atoms with E-state index in [9.17, 15) is 9.18 Å². The van der Waals surface area contributed by atoms with Gasteiger partial charge in [-0.25, -0.2) is 9.87 Å². The Kier molecular flexibility index (Phi) is 4.66. The van der Waals surface area contributed by atoms with Crippen LogP contribution in [0.25, 0.3) is 0 Å². The molecule has 1 aliphatic heterocycles. The van der Waals surface area contributed by atoms with Crippen molar-refractivity contribution in [2.24, 2.45) is 0 Å². The van der Waals surface area contributed by atoms with E-state index in [0.717, 1.165) is 19.6 Å². The van der Waals surface area contributed by atoms with Gasteiger partial charge in [-0.05, 0) is 44.1 Å². The Morgan fingerprint density at radius 3 is 2.89 bits per heavy atom. The lowest BCUT2D eigenvalue weighted by atomic mass is 10.2. The molecule has 98 valence electrons. The van der Waals surface area contributed by atoms with E-state index >= 15 is 0 Å². The summed E-state index contributed by atoms with van der Waals surface area (Å²) in [5.41, 5.74) is 2.58. The maximum absolute atomic E-state index is 12.9. The summed E-state index contributed by atoms with van der Waals surface area (Å²) in [6.07, 6.45) is 2.46. The summed E-state index contributed by atoms with van der Waals surface area (Å²) in [7, 11) is 0. The molecular formula is C13H17FN2O2. The van der Waals surface area contributed by atoms with Gasteiger partial charge in [-0.15, -0.1) is 0 Å². The minimum atomic E-state index is -0.431. The zero-order chi connectivity index (χ0) is 12.8. The fraction of sp³-hybridized carbons (Fsp3) is 0.462. The molecule has 0 bridgehead atoms. The minimum Gasteiger partial charge on any atom is -0.301 e. The van der Waals surface area contributed by atoms with Crippen LogP contribution < -0.4 is 5.48 Å². The van der Waals surface area contributed by atoms with Gasteiger partial charge in [0.1, 0.15) is 5.82 Å². The van der Waals surface area contributed by atoms with E-state index in [2.05, 4.69) is 10.4 Å². The first-order valence-corrected chi connectivity index (χ1v) is 6.16. The number of benzene rings is 1. The second-order valence-electron chi connectivity index (χ2n) is 4.34. The molecule has 1 saturated heterocycles. The molecule has 4 nitrogen and oxygen atoms in total. The van der Waals surface area contributed by atoms with Crippen molar-refractivity contribution < 1.29 is 14.0 Å². The highest BCUT2D eigenvalue weighted by molar-refractivity contribution is 5.93. The minimum absolute atomic E-state index is 0.260. The second kappa shape index (κ2) is 6.47. The van der Waals surface area contributed by atoms with Gasteiger partial charge < -0.3 is 4.90 Å². The van der Waals surface area contributed by atoms with Crippen LogP contribution in [0.15, 0.2) is 24.3 Å². The molecule has 5 heteroatoms. The Labute approximate surface area is 106 Å². The van der Waals surface area contributed by atoms with Gasteiger partial charge in [0.2, 0.25) is 0 Å². The molecule has 1 aliphatic rings. The molecule has 1 N–H and O–H groups in total. The van der Waals surface area contributed by atoms with E-state index in [0.29, 0.717) is 6.61 Å². The molecule has 18 heavy (non-hydrogen) atoms. The normalized spacial score (nSPS) is 15.8. The van der Waals surface area contributed by atoms with Crippen molar-refractivity contribution in [1.29, 1.82) is 0 Å². The Morgan fingerprint density at radius 1 is 1.39 bits per heavy atom. The van der Waals surface area contributed by atoms with Gasteiger partial charge in [0.25, 0.3) is 5.91 Å². The SMILES string of the molecule is O=C(NOCCN1CCCC1)c1cccc(F)c1. The standard InChI is InChI=1S/C13H17FN2O2/c14-12-5-3-4-11(10-12)13(17)15-18-9-8-16-6-1-2-7-16/h3-5,10H,1-2,6-9H2,(H,15,17). The average Bonchev–Trinajstić information content (AvgIpc) is 2.87. The summed E-state index contributed by atoms with van der Waals surface area (Å²) in [5.74, 6) is -0.851. The van der Waals surface area contributed by atoms with Crippen molar-refractivity contribution in [2.75, 3.05) is 26.2 Å². The average molecular weight is 252 g/mol. The van der Waals surface area contributed by atoms with Crippen LogP contribution in [-0.2, 0) is 4.84 Å². The number of carbonyl (C=O) groups is 1. The molecule has 2 rings (SSSR count). The molecule has 1 heterocycles. The quantitative estimate of drug-likeness (QED) is 0.639. The molecule has 0 spiro atoms. The van der Waals surface area contributed by atoms with Gasteiger partial charge in [0.15, 0.2) is 0 Å². The van der Waals surface area contributed by atoms with Crippen molar-refractivity contribution in [1.82, 2.24) is 10.4 Å². The molecule has 1 aromatic carbocycles. The first kappa shape index (κ1) is 13.0. The Bertz CT molecular complexity index is 406. The van der Waals surface area contributed by atoms with Crippen LogP contribution in [0.3, 0.4) is 0 Å². The van der Waals surface area contributed by atoms with Crippen molar-refractivity contribution >= 4 is 5.91 Å². The molecular weight excluding hydrogens is 235 g/mol. The van der Waals surface area contributed by atoms with Crippen molar-refractivity contribution in [3.8, 4) is 0 Å². The first-order valence-electron chi connectivity index (χ1n) is 6.16. The molecule has 0 aromatic heterocycles. The number of likely N-dealkylation sites (tertiary alicyclic amines) is 1. The highest BCUT2D eigenvalue weighted by Gasteiger charge is 2.11. The van der Waals surface area contributed by atoms with Gasteiger partial charge >= 0.3 is 0 Å². The largest absolute Gasteiger partial charge is 0.301 e. The van der Waals surface area contributed by atoms with E-state index < -0.39 is 11.7 Å². The predicted molar refractivity (Wildman–Crippen MR) is 65.5 cm³/mol. The summed E-state index contributed by atoms with van der Waals surface area (Å²) >= 11 is 0. The predicted octanol–water partition coefficient (Wildman–Crippen LogP) is 1.58. The summed E-state index contributed by atoms with van der Waals surface area (Å²) in [5, 5.41) is 0. The molecule has 0 atom stereocenters. The van der Waals surface area contributed by atoms with Gasteiger partial charge in [-0.3, -0.25) is 9.63 Å². The lowest BCUT2D eigenvalue weighted by Crippen LogP contribution is -2.30. The zero-order valence-corrected chi connectivity index (χ0v) is 10.2. The lowest BCUT2D eigenvalue weighted by molar-refractivity contribution is 0.0243. The summed E-state index contributed by atoms with van der Waals surface area (Å²) in [6.45, 7) is 3.45. The van der Waals surface area contributed by atoms with E-state index in [1.165, 1.54) is 31.0 Å². The Morgan fingerprint density at radius 2 is 2.17 bits per heavy atom. The van der Waals surface area contributed by atoms with Gasteiger partial charge in [-0.2, -0.15) is 0 Å². The molecule has 1 amide bonds. The van der Waals surface area contributed by atoms with Crippen LogP contribution in [0.5, 0.6) is 0 Å². The fourth-order valence-corrected chi connectivity index (χ4v) is 1.99. The first-order chi connectivity index (χ1) is 8.75. The smallest absolute Gasteiger partial charge is 0.274 e. The third-order valence-electron chi connectivity index (χ3n) is 2.96. The second-order valence-corrected chi connectivity index (χ2v) is 4.34. The van der Waals surface area contributed by atoms with Crippen LogP contribution in [0.2, 0.25) is 0 Å². The third-order valence-corrected chi connectivity index (χ3v) is 2.96. The van der Waals surface area contributed by atoms with Gasteiger partial charge in [-0.1, -0.05) is 6.07 Å². The number of hydroxylamine groups is 1. The number of rotatable bonds is 5. The van der Waals surface area contributed by atoms with Gasteiger partial charge in [0.05, 0.1) is 6.61 Å². The van der Waals surface area contributed by atoms with E-state index in [4.69, 9.17) is 4.84 Å². The van der Waals surface area contributed by atoms with E-state index in [-0.39, 0.29) is 5.56 Å². The topological polar surface area (TPSA) is 41.6 Å². The summed E-state index contributed by atoms with van der Waals surface area (Å²) < 4.78 is 12.9. The van der Waals surface area contributed by atoms with Crippen LogP contribution in [0.4, 0.5) is 4.39 Å². The number of hydrogen-bond acceptors (Lipinski definition) is 3. The number of halogens is 1. The van der Waals surface area contributed by atoms with E-state index in [1.807, 2.05) is 0 Å². The third kappa shape index (κ3) is 3.78. The van der Waals surface area contributed by atoms with Gasteiger partial charge in [0, 0.05) is 12.1 Å². The van der Waals surface area contributed by atoms with Crippen molar-refractivity contribution in [2.45, 2.75) is 12.8 Å². The van der Waals surface area contributed by atoms with Crippen molar-refractivity contribution in [3.05, 3.63) is 35.6 Å². The zero-order valence-electron chi connectivity index (χ0n) is 10.2. The molecule has 0 unspecified atom stereocenters. The fourth-order valence-electron chi connectivity index (χ4n) is 1.99. The van der Waals surface area contributed by atoms with E-state index in [1.54, 1.807) is 6.07 Å². The summed E-state index contributed by atoms with van der Waals surface area (Å²) in [4.78, 5) is 19.0. The van der Waals surface area contributed by atoms with Crippen molar-refractivity contribution in [3.63, 3.8) is 0 Å². The number of hydrogen-bond donors (Lipinski definition) is 1. The molecule has 0 radical (unpaired) electrons. The highest BCUT2D eigenvalue weighted by atomic mass is 19.1.